The van der Waals surface area contributed by atoms with Crippen molar-refractivity contribution < 1.29 is 14.4 Å². The first-order chi connectivity index (χ1) is 13.9. The summed E-state index contributed by atoms with van der Waals surface area (Å²) in [7, 11) is 0. The van der Waals surface area contributed by atoms with Crippen LogP contribution in [0.5, 0.6) is 0 Å². The van der Waals surface area contributed by atoms with E-state index in [-0.39, 0.29) is 17.6 Å². The highest BCUT2D eigenvalue weighted by Crippen LogP contribution is 2.19. The van der Waals surface area contributed by atoms with E-state index in [1.807, 2.05) is 0 Å². The highest BCUT2D eigenvalue weighted by molar-refractivity contribution is 6.05. The lowest BCUT2D eigenvalue weighted by molar-refractivity contribution is -0.114. The molecular weight excluding hydrogens is 368 g/mol. The maximum atomic E-state index is 12.5. The normalized spacial score (nSPS) is 10.1. The van der Waals surface area contributed by atoms with Gasteiger partial charge in [0, 0.05) is 41.3 Å². The number of hydrogen-bond acceptors (Lipinski definition) is 5. The second-order valence-corrected chi connectivity index (χ2v) is 6.40. The number of ketones is 1. The molecule has 7 nitrogen and oxygen atoms in total. The Hall–Kier alpha value is -4.00. The molecule has 29 heavy (non-hydrogen) atoms. The van der Waals surface area contributed by atoms with Gasteiger partial charge in [-0.3, -0.25) is 14.4 Å². The number of anilines is 4. The fraction of sp³-hybridized carbons (Fsp3) is 0.0909. The Labute approximate surface area is 168 Å². The van der Waals surface area contributed by atoms with E-state index in [0.717, 1.165) is 5.69 Å². The van der Waals surface area contributed by atoms with Crippen molar-refractivity contribution in [3.63, 3.8) is 0 Å². The van der Waals surface area contributed by atoms with Crippen molar-refractivity contribution in [2.24, 2.45) is 0 Å². The minimum atomic E-state index is -0.285. The molecule has 0 unspecified atom stereocenters. The third-order valence-electron chi connectivity index (χ3n) is 4.05. The molecule has 3 aromatic rings. The lowest BCUT2D eigenvalue weighted by Gasteiger charge is -2.09. The van der Waals surface area contributed by atoms with E-state index in [2.05, 4.69) is 20.9 Å². The third-order valence-corrected chi connectivity index (χ3v) is 4.05. The van der Waals surface area contributed by atoms with Gasteiger partial charge in [-0.05, 0) is 67.6 Å². The summed E-state index contributed by atoms with van der Waals surface area (Å²) in [5, 5.41) is 8.62. The summed E-state index contributed by atoms with van der Waals surface area (Å²) in [4.78, 5) is 39.2. The number of carbonyl (C=O) groups excluding carboxylic acids is 3. The summed E-state index contributed by atoms with van der Waals surface area (Å²) in [6.45, 7) is 2.94. The molecule has 0 fully saturated rings. The van der Waals surface area contributed by atoms with Gasteiger partial charge in [0.05, 0.1) is 0 Å². The Balaban J connectivity index is 1.67. The lowest BCUT2D eigenvalue weighted by atomic mass is 10.1. The average molecular weight is 388 g/mol. The van der Waals surface area contributed by atoms with E-state index in [0.29, 0.717) is 28.3 Å². The van der Waals surface area contributed by atoms with Crippen LogP contribution in [0.3, 0.4) is 0 Å². The summed E-state index contributed by atoms with van der Waals surface area (Å²) in [6.07, 6.45) is 1.54. The van der Waals surface area contributed by atoms with Gasteiger partial charge in [0.2, 0.25) is 5.91 Å². The van der Waals surface area contributed by atoms with E-state index >= 15 is 0 Å². The van der Waals surface area contributed by atoms with Gasteiger partial charge in [0.25, 0.3) is 5.91 Å². The number of carbonyl (C=O) groups is 3. The zero-order valence-electron chi connectivity index (χ0n) is 16.0. The summed E-state index contributed by atoms with van der Waals surface area (Å²) in [5.74, 6) is 0.0590. The number of benzene rings is 2. The minimum Gasteiger partial charge on any atom is -0.340 e. The van der Waals surface area contributed by atoms with E-state index in [4.69, 9.17) is 0 Å². The largest absolute Gasteiger partial charge is 0.340 e. The van der Waals surface area contributed by atoms with Crippen LogP contribution in [0.15, 0.2) is 66.9 Å². The van der Waals surface area contributed by atoms with Gasteiger partial charge in [0.15, 0.2) is 5.78 Å². The number of aromatic nitrogens is 1. The Morgan fingerprint density at radius 1 is 0.724 bits per heavy atom. The van der Waals surface area contributed by atoms with Gasteiger partial charge >= 0.3 is 0 Å². The average Bonchev–Trinajstić information content (AvgIpc) is 2.70. The van der Waals surface area contributed by atoms with Crippen LogP contribution in [-0.2, 0) is 4.79 Å². The Morgan fingerprint density at radius 2 is 1.31 bits per heavy atom. The fourth-order valence-corrected chi connectivity index (χ4v) is 2.62. The zero-order chi connectivity index (χ0) is 20.8. The van der Waals surface area contributed by atoms with Crippen molar-refractivity contribution in [2.45, 2.75) is 13.8 Å². The number of amides is 2. The molecule has 0 saturated carbocycles. The van der Waals surface area contributed by atoms with Crippen molar-refractivity contribution in [3.8, 4) is 0 Å². The molecule has 1 heterocycles. The van der Waals surface area contributed by atoms with Gasteiger partial charge in [-0.15, -0.1) is 0 Å². The van der Waals surface area contributed by atoms with Crippen LogP contribution < -0.4 is 16.0 Å². The summed E-state index contributed by atoms with van der Waals surface area (Å²) >= 11 is 0. The van der Waals surface area contributed by atoms with Crippen LogP contribution in [0, 0.1) is 0 Å². The van der Waals surface area contributed by atoms with Crippen molar-refractivity contribution in [3.05, 3.63) is 78.0 Å². The van der Waals surface area contributed by atoms with Gasteiger partial charge < -0.3 is 16.0 Å². The topological polar surface area (TPSA) is 100 Å². The van der Waals surface area contributed by atoms with Gasteiger partial charge in [-0.1, -0.05) is 0 Å². The number of Topliss-reactive ketones (excluding diaryl/α,β-unsaturated/α-hetero) is 1. The predicted molar refractivity (Wildman–Crippen MR) is 113 cm³/mol. The predicted octanol–water partition coefficient (Wildman–Crippen LogP) is 4.24. The lowest BCUT2D eigenvalue weighted by Crippen LogP contribution is -2.12. The molecule has 146 valence electrons. The zero-order valence-corrected chi connectivity index (χ0v) is 16.0. The van der Waals surface area contributed by atoms with Crippen molar-refractivity contribution in [1.82, 2.24) is 4.98 Å². The van der Waals surface area contributed by atoms with E-state index in [9.17, 15) is 14.4 Å². The highest BCUT2D eigenvalue weighted by atomic mass is 16.2. The van der Waals surface area contributed by atoms with Gasteiger partial charge in [-0.25, -0.2) is 4.98 Å². The minimum absolute atomic E-state index is 0.0298. The maximum Gasteiger partial charge on any atom is 0.255 e. The monoisotopic (exact) mass is 388 g/mol. The molecule has 0 atom stereocenters. The first-order valence-electron chi connectivity index (χ1n) is 8.94. The number of hydrogen-bond donors (Lipinski definition) is 3. The molecule has 0 aliphatic carbocycles. The fourth-order valence-electron chi connectivity index (χ4n) is 2.62. The van der Waals surface area contributed by atoms with Crippen LogP contribution in [0.25, 0.3) is 0 Å². The van der Waals surface area contributed by atoms with Crippen molar-refractivity contribution in [2.75, 3.05) is 16.0 Å². The van der Waals surface area contributed by atoms with Crippen LogP contribution >= 0.6 is 0 Å². The molecule has 0 saturated heterocycles. The molecule has 0 spiro atoms. The van der Waals surface area contributed by atoms with Crippen LogP contribution in [0.4, 0.5) is 22.9 Å². The van der Waals surface area contributed by atoms with E-state index in [1.165, 1.54) is 13.8 Å². The second kappa shape index (κ2) is 8.79. The quantitative estimate of drug-likeness (QED) is 0.549. The van der Waals surface area contributed by atoms with Gasteiger partial charge in [0.1, 0.15) is 5.82 Å². The molecule has 2 aromatic carbocycles. The van der Waals surface area contributed by atoms with Crippen LogP contribution in [0.2, 0.25) is 0 Å². The standard InChI is InChI=1S/C22H20N4O3/c1-14(27)16-3-5-20(6-4-16)26-22(29)17-11-12-23-21(13-17)25-19-9-7-18(8-10-19)24-15(2)28/h3-13H,1-2H3,(H,23,25)(H,24,28)(H,26,29). The SMILES string of the molecule is CC(=O)Nc1ccc(Nc2cc(C(=O)Nc3ccc(C(C)=O)cc3)ccn2)cc1. The molecule has 7 heteroatoms. The molecule has 0 radical (unpaired) electrons. The second-order valence-electron chi connectivity index (χ2n) is 6.40. The van der Waals surface area contributed by atoms with Crippen LogP contribution in [0.1, 0.15) is 34.6 Å². The van der Waals surface area contributed by atoms with E-state index in [1.54, 1.807) is 66.9 Å². The molecule has 0 aliphatic rings. The first kappa shape index (κ1) is 19.8. The van der Waals surface area contributed by atoms with Gasteiger partial charge in [-0.2, -0.15) is 0 Å². The first-order valence-corrected chi connectivity index (χ1v) is 8.94. The molecule has 2 amide bonds. The Bertz CT molecular complexity index is 1040. The van der Waals surface area contributed by atoms with E-state index < -0.39 is 0 Å². The number of nitrogens with one attached hydrogen (secondary N) is 3. The Morgan fingerprint density at radius 3 is 1.93 bits per heavy atom. The van der Waals surface area contributed by atoms with Crippen molar-refractivity contribution >= 4 is 40.5 Å². The highest BCUT2D eigenvalue weighted by Gasteiger charge is 2.09. The smallest absolute Gasteiger partial charge is 0.255 e. The summed E-state index contributed by atoms with van der Waals surface area (Å²) in [6, 6.07) is 17.1. The molecule has 0 bridgehead atoms. The number of nitrogens with zero attached hydrogens (tertiary/aromatic N) is 1. The number of pyridine rings is 1. The molecular formula is C22H20N4O3. The third kappa shape index (κ3) is 5.49. The molecule has 3 rings (SSSR count). The Kier molecular flexibility index (Phi) is 5.99. The summed E-state index contributed by atoms with van der Waals surface area (Å²) in [5.41, 5.74) is 3.08. The molecule has 0 aliphatic heterocycles. The molecule has 1 aromatic heterocycles. The van der Waals surface area contributed by atoms with Crippen LogP contribution in [-0.4, -0.2) is 22.6 Å². The molecule has 3 N–H and O–H groups in total. The van der Waals surface area contributed by atoms with Crippen molar-refractivity contribution in [1.29, 1.82) is 0 Å². The maximum absolute atomic E-state index is 12.5. The number of rotatable bonds is 6. The summed E-state index contributed by atoms with van der Waals surface area (Å²) < 4.78 is 0.